The molecule has 5 aromatic rings. The highest BCUT2D eigenvalue weighted by Crippen LogP contribution is 2.64. The summed E-state index contributed by atoms with van der Waals surface area (Å²) in [5.41, 5.74) is 16.0. The molecule has 4 amide bonds. The first-order valence-electron chi connectivity index (χ1n) is 19.6. The number of rotatable bonds is 12. The van der Waals surface area contributed by atoms with Crippen molar-refractivity contribution < 1.29 is 38.9 Å². The summed E-state index contributed by atoms with van der Waals surface area (Å²) in [6.45, 7) is 2.53. The van der Waals surface area contributed by atoms with Gasteiger partial charge in [-0.1, -0.05) is 97.1 Å². The molecule has 12 heteroatoms. The molecular weight excluding hydrogens is 737 g/mol. The van der Waals surface area contributed by atoms with Gasteiger partial charge in [-0.2, -0.15) is 0 Å². The number of benzene rings is 5. The Kier molecular flexibility index (Phi) is 12.5. The van der Waals surface area contributed by atoms with E-state index in [1.807, 2.05) is 24.3 Å². The van der Waals surface area contributed by atoms with E-state index in [2.05, 4.69) is 78.9 Å². The number of hydrogen-bond donors (Lipinski definition) is 4. The van der Waals surface area contributed by atoms with Crippen molar-refractivity contribution in [1.29, 1.82) is 0 Å². The molecule has 1 saturated heterocycles. The number of hydrogen-bond acceptors (Lipinski definition) is 10. The zero-order valence-corrected chi connectivity index (χ0v) is 32.2. The van der Waals surface area contributed by atoms with E-state index in [4.69, 9.17) is 26.0 Å². The van der Waals surface area contributed by atoms with Crippen LogP contribution in [0.25, 0.3) is 21.5 Å². The number of amides is 4. The predicted molar refractivity (Wildman–Crippen MR) is 219 cm³/mol. The third-order valence-corrected chi connectivity index (χ3v) is 11.4. The van der Waals surface area contributed by atoms with Crippen LogP contribution in [0.3, 0.4) is 0 Å². The van der Waals surface area contributed by atoms with E-state index in [0.29, 0.717) is 32.9 Å². The van der Waals surface area contributed by atoms with Gasteiger partial charge in [0.2, 0.25) is 11.8 Å². The Bertz CT molecular complexity index is 2240. The maximum Gasteiger partial charge on any atom is 0.253 e. The summed E-state index contributed by atoms with van der Waals surface area (Å²) in [6, 6.07) is 35.3. The highest BCUT2D eigenvalue weighted by atomic mass is 16.5. The SMILES string of the molecule is NCCOCC12c3ccccc3C(c3ccccc31)C1C(=O)N(CCO)C(=O)C12.NCCOCc1c2ccccc2cc2ccccc12.O=C1C=CC(=O)N1CCO. The van der Waals surface area contributed by atoms with Crippen molar-refractivity contribution in [3.63, 3.8) is 0 Å². The van der Waals surface area contributed by atoms with Crippen LogP contribution in [0.1, 0.15) is 33.7 Å². The summed E-state index contributed by atoms with van der Waals surface area (Å²) in [4.78, 5) is 50.5. The number of β-amino-alcohol motifs (C(OH)–C–C–N with tert-alkyl or cyclic N) is 2. The molecule has 0 saturated carbocycles. The van der Waals surface area contributed by atoms with Crippen LogP contribution in [0.15, 0.2) is 115 Å². The number of fused-ring (bicyclic) bond motifs is 2. The molecule has 12 nitrogen and oxygen atoms in total. The zero-order valence-electron chi connectivity index (χ0n) is 32.2. The lowest BCUT2D eigenvalue weighted by atomic mass is 9.47. The second kappa shape index (κ2) is 17.9. The van der Waals surface area contributed by atoms with Gasteiger partial charge in [-0.05, 0) is 55.4 Å². The number of imide groups is 2. The van der Waals surface area contributed by atoms with E-state index in [-0.39, 0.29) is 62.5 Å². The number of nitrogens with zero attached hydrogens (tertiary/aromatic N) is 2. The van der Waals surface area contributed by atoms with Crippen LogP contribution < -0.4 is 11.5 Å². The lowest BCUT2D eigenvalue weighted by molar-refractivity contribution is -0.141. The van der Waals surface area contributed by atoms with Crippen molar-refractivity contribution in [3.8, 4) is 0 Å². The third kappa shape index (κ3) is 7.23. The number of aliphatic hydroxyl groups is 2. The monoisotopic (exact) mass is 784 g/mol. The summed E-state index contributed by atoms with van der Waals surface area (Å²) in [5.74, 6) is -2.26. The van der Waals surface area contributed by atoms with Gasteiger partial charge in [0.1, 0.15) is 0 Å². The molecule has 0 aromatic heterocycles. The molecule has 0 spiro atoms. The minimum absolute atomic E-state index is 0.0316. The predicted octanol–water partition coefficient (Wildman–Crippen LogP) is 3.37. The van der Waals surface area contributed by atoms with E-state index in [0.717, 1.165) is 27.2 Å². The number of nitrogens with two attached hydrogens (primary N) is 2. The quantitative estimate of drug-likeness (QED) is 0.0831. The van der Waals surface area contributed by atoms with Crippen molar-refractivity contribution in [2.24, 2.45) is 23.3 Å². The molecule has 300 valence electrons. The van der Waals surface area contributed by atoms with Crippen molar-refractivity contribution in [3.05, 3.63) is 143 Å². The van der Waals surface area contributed by atoms with Gasteiger partial charge in [0.25, 0.3) is 11.8 Å². The van der Waals surface area contributed by atoms with Gasteiger partial charge in [-0.25, -0.2) is 0 Å². The largest absolute Gasteiger partial charge is 0.395 e. The molecule has 10 rings (SSSR count). The number of aliphatic hydroxyl groups excluding tert-OH is 2. The molecule has 2 unspecified atom stereocenters. The first-order valence-corrected chi connectivity index (χ1v) is 19.6. The lowest BCUT2D eigenvalue weighted by Crippen LogP contribution is -2.56. The van der Waals surface area contributed by atoms with Crippen LogP contribution in [-0.2, 0) is 40.7 Å². The average molecular weight is 785 g/mol. The third-order valence-electron chi connectivity index (χ3n) is 11.4. The molecule has 2 heterocycles. The van der Waals surface area contributed by atoms with Crippen molar-refractivity contribution in [2.75, 3.05) is 59.2 Å². The second-order valence-electron chi connectivity index (χ2n) is 14.5. The van der Waals surface area contributed by atoms with Crippen LogP contribution in [-0.4, -0.2) is 103 Å². The van der Waals surface area contributed by atoms with Gasteiger partial charge >= 0.3 is 0 Å². The minimum atomic E-state index is -0.737. The summed E-state index contributed by atoms with van der Waals surface area (Å²) >= 11 is 0. The van der Waals surface area contributed by atoms with E-state index in [1.54, 1.807) is 0 Å². The van der Waals surface area contributed by atoms with Crippen LogP contribution in [0.4, 0.5) is 0 Å². The standard InChI is InChI=1S/C23H24N2O4.C17H17NO.C6H7NO3/c24-9-12-29-13-23-16-7-3-1-5-14(16)18(15-6-2-4-8-17(15)23)19-20(23)22(28)25(10-11-26)21(19)27;18-9-10-19-12-17-15-7-3-1-5-13(15)11-14-6-2-4-8-16(14)17;8-4-3-7-5(9)1-2-6(7)10/h1-8,18-20,26H,9-13,24H2;1-8,11H,9-10,12,18H2;1-2,8H,3-4H2. The van der Waals surface area contributed by atoms with E-state index in [9.17, 15) is 24.3 Å². The maximum absolute atomic E-state index is 13.5. The van der Waals surface area contributed by atoms with Crippen LogP contribution in [0, 0.1) is 11.8 Å². The number of carbonyl (C=O) groups excluding carboxylic acids is 4. The molecule has 0 radical (unpaired) electrons. The molecular formula is C46H48N4O8. The van der Waals surface area contributed by atoms with Gasteiger partial charge < -0.3 is 31.2 Å². The van der Waals surface area contributed by atoms with Crippen LogP contribution in [0.2, 0.25) is 0 Å². The van der Waals surface area contributed by atoms with E-state index in [1.165, 1.54) is 44.2 Å². The topological polar surface area (TPSA) is 186 Å². The molecule has 58 heavy (non-hydrogen) atoms. The summed E-state index contributed by atoms with van der Waals surface area (Å²) < 4.78 is 11.6. The Labute approximate surface area is 336 Å². The number of likely N-dealkylation sites (tertiary alicyclic amines) is 1. The van der Waals surface area contributed by atoms with E-state index < -0.39 is 17.3 Å². The highest BCUT2D eigenvalue weighted by Gasteiger charge is 2.68. The lowest BCUT2D eigenvalue weighted by Gasteiger charge is -2.54. The molecule has 2 aliphatic heterocycles. The normalized spacial score (nSPS) is 21.1. The molecule has 5 aromatic carbocycles. The highest BCUT2D eigenvalue weighted by molar-refractivity contribution is 6.13. The molecule has 2 atom stereocenters. The Morgan fingerprint density at radius 1 is 0.621 bits per heavy atom. The average Bonchev–Trinajstić information content (AvgIpc) is 3.71. The van der Waals surface area contributed by atoms with Gasteiger partial charge in [-0.3, -0.25) is 29.0 Å². The number of ether oxygens (including phenoxy) is 2. The fourth-order valence-electron chi connectivity index (χ4n) is 9.14. The maximum atomic E-state index is 13.5. The van der Waals surface area contributed by atoms with E-state index >= 15 is 0 Å². The minimum Gasteiger partial charge on any atom is -0.395 e. The Morgan fingerprint density at radius 3 is 1.67 bits per heavy atom. The molecule has 2 bridgehead atoms. The smallest absolute Gasteiger partial charge is 0.253 e. The molecule has 5 aliphatic rings. The van der Waals surface area contributed by atoms with Gasteiger partial charge in [-0.15, -0.1) is 0 Å². The summed E-state index contributed by atoms with van der Waals surface area (Å²) in [7, 11) is 0. The first kappa shape index (κ1) is 40.6. The fourth-order valence-corrected chi connectivity index (χ4v) is 9.14. The molecule has 3 aliphatic carbocycles. The van der Waals surface area contributed by atoms with Crippen LogP contribution >= 0.6 is 0 Å². The Morgan fingerprint density at radius 2 is 1.12 bits per heavy atom. The van der Waals surface area contributed by atoms with Crippen molar-refractivity contribution >= 4 is 45.2 Å². The molecule has 1 fully saturated rings. The summed E-state index contributed by atoms with van der Waals surface area (Å²) in [6.07, 6.45) is 2.38. The zero-order chi connectivity index (χ0) is 40.8. The first-order chi connectivity index (χ1) is 28.3. The van der Waals surface area contributed by atoms with Gasteiger partial charge in [0.05, 0.1) is 70.0 Å². The van der Waals surface area contributed by atoms with Crippen molar-refractivity contribution in [2.45, 2.75) is 17.9 Å². The van der Waals surface area contributed by atoms with Crippen LogP contribution in [0.5, 0.6) is 0 Å². The Hall–Kier alpha value is -5.60. The van der Waals surface area contributed by atoms with Gasteiger partial charge in [0, 0.05) is 31.2 Å². The fraction of sp³-hybridized carbons (Fsp3) is 0.304. The number of carbonyl (C=O) groups is 4. The van der Waals surface area contributed by atoms with Crippen molar-refractivity contribution in [1.82, 2.24) is 9.80 Å². The van der Waals surface area contributed by atoms with Gasteiger partial charge in [0.15, 0.2) is 0 Å². The summed E-state index contributed by atoms with van der Waals surface area (Å²) in [5, 5.41) is 22.9. The Balaban J connectivity index is 0.000000151. The second-order valence-corrected chi connectivity index (χ2v) is 14.5. The molecule has 6 N–H and O–H groups in total.